The van der Waals surface area contributed by atoms with Gasteiger partial charge in [-0.1, -0.05) is 47.0 Å². The molecule has 0 atom stereocenters. The molecule has 3 aliphatic rings. The van der Waals surface area contributed by atoms with Gasteiger partial charge in [0.05, 0.1) is 31.2 Å². The quantitative estimate of drug-likeness (QED) is 0.377. The van der Waals surface area contributed by atoms with Gasteiger partial charge in [-0.25, -0.2) is 4.79 Å². The average molecular weight is 530 g/mol. The first-order chi connectivity index (χ1) is 13.5. The highest BCUT2D eigenvalue weighted by Crippen LogP contribution is 2.65. The van der Waals surface area contributed by atoms with Crippen LogP contribution in [-0.2, 0) is 19.2 Å². The number of amides is 2. The molecule has 13 heteroatoms. The molecule has 0 bridgehead atoms. The highest BCUT2D eigenvalue weighted by Gasteiger charge is 2.34. The largest absolute Gasteiger partial charge is 0.343 e. The van der Waals surface area contributed by atoms with Crippen LogP contribution in [0.4, 0.5) is 0 Å². The number of nitrogens with zero attached hydrogens (tertiary/aromatic N) is 1. The van der Waals surface area contributed by atoms with E-state index in [-0.39, 0.29) is 18.6 Å². The van der Waals surface area contributed by atoms with Crippen LogP contribution in [-0.4, -0.2) is 47.4 Å². The van der Waals surface area contributed by atoms with Crippen molar-refractivity contribution in [2.24, 2.45) is 0 Å². The zero-order valence-corrected chi connectivity index (χ0v) is 21.5. The third kappa shape index (κ3) is 5.45. The molecule has 28 heavy (non-hydrogen) atoms. The van der Waals surface area contributed by atoms with Gasteiger partial charge in [-0.15, -0.1) is 52.1 Å². The van der Waals surface area contributed by atoms with Gasteiger partial charge in [-0.3, -0.25) is 9.59 Å². The number of hydrogen-bond acceptors (Lipinski definition) is 12. The van der Waals surface area contributed by atoms with Crippen molar-refractivity contribution in [1.29, 1.82) is 0 Å². The van der Waals surface area contributed by atoms with Crippen LogP contribution in [0.2, 0.25) is 0 Å². The smallest absolute Gasteiger partial charge is 0.329 e. The second kappa shape index (κ2) is 10.8. The maximum atomic E-state index is 12.1. The van der Waals surface area contributed by atoms with E-state index < -0.39 is 17.8 Å². The molecule has 0 unspecified atom stereocenters. The van der Waals surface area contributed by atoms with Crippen molar-refractivity contribution in [2.45, 2.75) is 12.8 Å². The molecular formula is C15H15NO4S8. The van der Waals surface area contributed by atoms with E-state index >= 15 is 0 Å². The molecule has 152 valence electrons. The van der Waals surface area contributed by atoms with Crippen molar-refractivity contribution in [1.82, 2.24) is 5.06 Å². The SMILES string of the molecule is CSC1=C(SC)SC(=C2SC(SC)=C(SCC(=O)ON3C(=O)CCC3=O)S2)S1. The van der Waals surface area contributed by atoms with E-state index in [1.807, 2.05) is 6.26 Å². The van der Waals surface area contributed by atoms with Gasteiger partial charge in [0.1, 0.15) is 0 Å². The molecule has 0 aromatic heterocycles. The molecule has 0 aromatic carbocycles. The Kier molecular flexibility index (Phi) is 8.97. The molecule has 1 fully saturated rings. The van der Waals surface area contributed by atoms with E-state index in [1.165, 1.54) is 28.7 Å². The molecule has 0 aliphatic carbocycles. The van der Waals surface area contributed by atoms with Crippen LogP contribution in [0.1, 0.15) is 12.8 Å². The van der Waals surface area contributed by atoms with Crippen LogP contribution in [0.15, 0.2) is 25.4 Å². The predicted octanol–water partition coefficient (Wildman–Crippen LogP) is 5.76. The molecule has 0 radical (unpaired) electrons. The number of hydrogen-bond donors (Lipinski definition) is 0. The summed E-state index contributed by atoms with van der Waals surface area (Å²) in [5.41, 5.74) is 0. The lowest BCUT2D eigenvalue weighted by Gasteiger charge is -2.12. The lowest BCUT2D eigenvalue weighted by atomic mass is 10.4. The Morgan fingerprint density at radius 2 is 1.29 bits per heavy atom. The maximum Gasteiger partial charge on any atom is 0.343 e. The van der Waals surface area contributed by atoms with Gasteiger partial charge in [0.2, 0.25) is 0 Å². The Bertz CT molecular complexity index is 772. The number of rotatable bonds is 7. The van der Waals surface area contributed by atoms with E-state index in [2.05, 4.69) is 12.5 Å². The molecular weight excluding hydrogens is 515 g/mol. The Morgan fingerprint density at radius 1 is 0.857 bits per heavy atom. The van der Waals surface area contributed by atoms with Crippen molar-refractivity contribution in [3.63, 3.8) is 0 Å². The van der Waals surface area contributed by atoms with Gasteiger partial charge in [0, 0.05) is 12.8 Å². The summed E-state index contributed by atoms with van der Waals surface area (Å²) in [6.45, 7) is 0. The van der Waals surface area contributed by atoms with Crippen LogP contribution in [0.25, 0.3) is 0 Å². The Balaban J connectivity index is 1.58. The highest BCUT2D eigenvalue weighted by molar-refractivity contribution is 8.45. The first-order valence-electron chi connectivity index (χ1n) is 7.72. The van der Waals surface area contributed by atoms with E-state index in [9.17, 15) is 14.4 Å². The van der Waals surface area contributed by atoms with E-state index in [4.69, 9.17) is 4.84 Å². The molecule has 3 heterocycles. The van der Waals surface area contributed by atoms with Gasteiger partial charge in [0.15, 0.2) is 0 Å². The highest BCUT2D eigenvalue weighted by atomic mass is 32.3. The molecule has 3 aliphatic heterocycles. The fraction of sp³-hybridized carbons (Fsp3) is 0.400. The number of imide groups is 1. The molecule has 0 saturated carbocycles. The van der Waals surface area contributed by atoms with Crippen molar-refractivity contribution in [3.05, 3.63) is 25.4 Å². The lowest BCUT2D eigenvalue weighted by molar-refractivity contribution is -0.195. The van der Waals surface area contributed by atoms with Gasteiger partial charge in [0.25, 0.3) is 11.8 Å². The summed E-state index contributed by atoms with van der Waals surface area (Å²) >= 11 is 13.6. The normalized spacial score (nSPS) is 20.3. The number of carbonyl (C=O) groups excluding carboxylic acids is 3. The molecule has 2 amide bonds. The summed E-state index contributed by atoms with van der Waals surface area (Å²) < 4.78 is 7.38. The molecule has 0 spiro atoms. The summed E-state index contributed by atoms with van der Waals surface area (Å²) in [7, 11) is 0. The van der Waals surface area contributed by atoms with Crippen LogP contribution >= 0.6 is 94.1 Å². The first-order valence-corrected chi connectivity index (χ1v) is 15.6. The number of carbonyl (C=O) groups is 3. The summed E-state index contributed by atoms with van der Waals surface area (Å²) in [5.74, 6) is -1.45. The molecule has 5 nitrogen and oxygen atoms in total. The summed E-state index contributed by atoms with van der Waals surface area (Å²) in [5, 5.41) is 0.599. The fourth-order valence-electron chi connectivity index (χ4n) is 2.09. The third-order valence-corrected chi connectivity index (χ3v) is 14.4. The van der Waals surface area contributed by atoms with Gasteiger partial charge in [-0.2, -0.15) is 0 Å². The van der Waals surface area contributed by atoms with Crippen LogP contribution in [0, 0.1) is 0 Å². The standard InChI is InChI=1S/C15H15NO4S8/c1-21-10-11(22-2)26-14(25-10)15-27-12(23-3)13(28-15)24-6-9(19)20-16-7(17)4-5-8(16)18/h4-6H2,1-3H3. The van der Waals surface area contributed by atoms with Gasteiger partial charge < -0.3 is 4.84 Å². The minimum absolute atomic E-state index is 0.0529. The van der Waals surface area contributed by atoms with E-state index in [0.29, 0.717) is 5.06 Å². The maximum absolute atomic E-state index is 12.1. The summed E-state index contributed by atoms with van der Waals surface area (Å²) in [6, 6.07) is 0. The van der Waals surface area contributed by atoms with Crippen molar-refractivity contribution in [2.75, 3.05) is 24.5 Å². The molecule has 0 N–H and O–H groups in total. The third-order valence-electron chi connectivity index (χ3n) is 3.32. The van der Waals surface area contributed by atoms with Crippen LogP contribution in [0.3, 0.4) is 0 Å². The Hall–Kier alpha value is 0.630. The first kappa shape index (κ1) is 23.3. The van der Waals surface area contributed by atoms with Crippen molar-refractivity contribution in [3.8, 4) is 0 Å². The van der Waals surface area contributed by atoms with E-state index in [0.717, 1.165) is 8.47 Å². The zero-order valence-electron chi connectivity index (χ0n) is 15.0. The van der Waals surface area contributed by atoms with Crippen molar-refractivity contribution < 1.29 is 19.2 Å². The second-order valence-corrected chi connectivity index (χ2v) is 14.1. The Labute approximate surface area is 197 Å². The monoisotopic (exact) mass is 529 g/mol. The minimum Gasteiger partial charge on any atom is -0.329 e. The summed E-state index contributed by atoms with van der Waals surface area (Å²) in [4.78, 5) is 40.1. The molecule has 3 rings (SSSR count). The van der Waals surface area contributed by atoms with Gasteiger partial charge >= 0.3 is 5.97 Å². The van der Waals surface area contributed by atoms with Crippen molar-refractivity contribution >= 4 is 112 Å². The van der Waals surface area contributed by atoms with Crippen LogP contribution in [0.5, 0.6) is 0 Å². The fourth-order valence-corrected chi connectivity index (χ4v) is 12.6. The molecule has 0 aromatic rings. The topological polar surface area (TPSA) is 63.7 Å². The second-order valence-electron chi connectivity index (χ2n) is 5.08. The van der Waals surface area contributed by atoms with Gasteiger partial charge in [-0.05, 0) is 18.8 Å². The lowest BCUT2D eigenvalue weighted by Crippen LogP contribution is -2.32. The average Bonchev–Trinajstić information content (AvgIpc) is 3.38. The Morgan fingerprint density at radius 3 is 1.75 bits per heavy atom. The predicted molar refractivity (Wildman–Crippen MR) is 132 cm³/mol. The number of hydroxylamine groups is 2. The minimum atomic E-state index is -0.589. The molecule has 1 saturated heterocycles. The van der Waals surface area contributed by atoms with E-state index in [1.54, 1.807) is 82.3 Å². The zero-order chi connectivity index (χ0) is 20.3. The number of thioether (sulfide) groups is 8. The van der Waals surface area contributed by atoms with Crippen LogP contribution < -0.4 is 0 Å². The summed E-state index contributed by atoms with van der Waals surface area (Å²) in [6.07, 6.45) is 6.41.